The molecule has 0 spiro atoms. The molecule has 0 amide bonds. The van der Waals surface area contributed by atoms with Crippen molar-refractivity contribution in [2.24, 2.45) is 0 Å². The third-order valence-corrected chi connectivity index (χ3v) is 3.08. The summed E-state index contributed by atoms with van der Waals surface area (Å²) >= 11 is 3.45. The summed E-state index contributed by atoms with van der Waals surface area (Å²) in [4.78, 5) is 16.7. The fourth-order valence-corrected chi connectivity index (χ4v) is 2.26. The fourth-order valence-electron chi connectivity index (χ4n) is 1.81. The predicted molar refractivity (Wildman–Crippen MR) is 71.7 cm³/mol. The Balaban J connectivity index is 2.73. The zero-order valence-electron chi connectivity index (χ0n) is 9.87. The van der Waals surface area contributed by atoms with Crippen molar-refractivity contribution in [2.45, 2.75) is 0 Å². The van der Waals surface area contributed by atoms with Gasteiger partial charge in [-0.3, -0.25) is 0 Å². The van der Waals surface area contributed by atoms with Crippen molar-refractivity contribution in [1.82, 2.24) is 4.98 Å². The van der Waals surface area contributed by atoms with Crippen LogP contribution < -0.4 is 4.90 Å². The number of anilines is 1. The molecule has 4 nitrogen and oxygen atoms in total. The molecule has 0 atom stereocenters. The predicted octanol–water partition coefficient (Wildman–Crippen LogP) is 2.78. The number of nitrogens with zero attached hydrogens (tertiary/aromatic N) is 1. The number of hydrogen-bond donors (Lipinski definition) is 1. The number of carbonyl (C=O) groups excluding carboxylic acids is 1. The van der Waals surface area contributed by atoms with E-state index in [4.69, 9.17) is 4.74 Å². The van der Waals surface area contributed by atoms with Crippen LogP contribution in [0.4, 0.5) is 5.69 Å². The van der Waals surface area contributed by atoms with E-state index in [0.717, 1.165) is 21.1 Å². The number of benzene rings is 1. The lowest BCUT2D eigenvalue weighted by Gasteiger charge is -2.14. The molecule has 0 aliphatic carbocycles. The third-order valence-electron chi connectivity index (χ3n) is 2.62. The number of ether oxygens (including phenoxy) is 1. The highest BCUT2D eigenvalue weighted by Gasteiger charge is 2.15. The van der Waals surface area contributed by atoms with Crippen molar-refractivity contribution < 1.29 is 9.53 Å². The second kappa shape index (κ2) is 4.41. The van der Waals surface area contributed by atoms with E-state index < -0.39 is 0 Å². The van der Waals surface area contributed by atoms with Gasteiger partial charge in [-0.15, -0.1) is 0 Å². The number of esters is 1. The number of rotatable bonds is 2. The lowest BCUT2D eigenvalue weighted by molar-refractivity contribution is 0.0603. The van der Waals surface area contributed by atoms with Crippen LogP contribution in [0, 0.1) is 0 Å². The van der Waals surface area contributed by atoms with Gasteiger partial charge in [0.05, 0.1) is 23.9 Å². The molecule has 2 aromatic rings. The lowest BCUT2D eigenvalue weighted by atomic mass is 10.1. The summed E-state index contributed by atoms with van der Waals surface area (Å²) in [5.41, 5.74) is 2.50. The minimum atomic E-state index is -0.334. The number of hydrogen-bond acceptors (Lipinski definition) is 3. The molecule has 0 aliphatic rings. The van der Waals surface area contributed by atoms with Gasteiger partial charge in [-0.2, -0.15) is 0 Å². The Hall–Kier alpha value is -1.49. The largest absolute Gasteiger partial charge is 0.465 e. The summed E-state index contributed by atoms with van der Waals surface area (Å²) in [7, 11) is 5.30. The average Bonchev–Trinajstić information content (AvgIpc) is 2.70. The number of halogens is 1. The zero-order chi connectivity index (χ0) is 12.6. The number of aromatic amines is 1. The summed E-state index contributed by atoms with van der Waals surface area (Å²) in [6, 6.07) is 3.91. The zero-order valence-corrected chi connectivity index (χ0v) is 11.5. The molecular weight excluding hydrogens is 284 g/mol. The SMILES string of the molecule is COC(=O)c1c[nH]c2c(N(C)C)cc(Br)cc12. The molecule has 0 saturated carbocycles. The second-order valence-electron chi connectivity index (χ2n) is 3.94. The van der Waals surface area contributed by atoms with Crippen LogP contribution in [0.25, 0.3) is 10.9 Å². The molecule has 90 valence electrons. The van der Waals surface area contributed by atoms with Gasteiger partial charge in [-0.05, 0) is 12.1 Å². The second-order valence-corrected chi connectivity index (χ2v) is 4.85. The first-order valence-corrected chi connectivity index (χ1v) is 5.90. The summed E-state index contributed by atoms with van der Waals surface area (Å²) in [6.07, 6.45) is 1.68. The topological polar surface area (TPSA) is 45.3 Å². The van der Waals surface area contributed by atoms with Gasteiger partial charge in [0.25, 0.3) is 0 Å². The minimum Gasteiger partial charge on any atom is -0.465 e. The van der Waals surface area contributed by atoms with Gasteiger partial charge in [-0.1, -0.05) is 15.9 Å². The van der Waals surface area contributed by atoms with Crippen molar-refractivity contribution in [1.29, 1.82) is 0 Å². The van der Waals surface area contributed by atoms with Crippen molar-refractivity contribution >= 4 is 38.5 Å². The van der Waals surface area contributed by atoms with Crippen LogP contribution in [0.2, 0.25) is 0 Å². The number of methoxy groups -OCH3 is 1. The Bertz CT molecular complexity index is 575. The van der Waals surface area contributed by atoms with E-state index in [1.54, 1.807) is 6.20 Å². The third kappa shape index (κ3) is 2.02. The smallest absolute Gasteiger partial charge is 0.340 e. The van der Waals surface area contributed by atoms with Gasteiger partial charge in [0, 0.05) is 30.2 Å². The normalized spacial score (nSPS) is 10.6. The van der Waals surface area contributed by atoms with E-state index in [2.05, 4.69) is 20.9 Å². The molecule has 1 N–H and O–H groups in total. The summed E-state index contributed by atoms with van der Waals surface area (Å²) < 4.78 is 5.68. The van der Waals surface area contributed by atoms with E-state index in [-0.39, 0.29) is 5.97 Å². The van der Waals surface area contributed by atoms with Crippen molar-refractivity contribution in [3.63, 3.8) is 0 Å². The lowest BCUT2D eigenvalue weighted by Crippen LogP contribution is -2.09. The number of carbonyl (C=O) groups is 1. The van der Waals surface area contributed by atoms with Crippen LogP contribution in [0.1, 0.15) is 10.4 Å². The van der Waals surface area contributed by atoms with Crippen LogP contribution in [-0.4, -0.2) is 32.2 Å². The molecule has 0 unspecified atom stereocenters. The van der Waals surface area contributed by atoms with E-state index in [1.165, 1.54) is 7.11 Å². The molecule has 17 heavy (non-hydrogen) atoms. The van der Waals surface area contributed by atoms with E-state index >= 15 is 0 Å². The maximum atomic E-state index is 11.6. The Labute approximate surface area is 108 Å². The maximum Gasteiger partial charge on any atom is 0.340 e. The molecule has 1 aromatic carbocycles. The molecule has 1 aromatic heterocycles. The van der Waals surface area contributed by atoms with Gasteiger partial charge in [0.1, 0.15) is 0 Å². The number of fused-ring (bicyclic) bond motifs is 1. The minimum absolute atomic E-state index is 0.334. The quantitative estimate of drug-likeness (QED) is 0.867. The van der Waals surface area contributed by atoms with Crippen LogP contribution in [-0.2, 0) is 4.74 Å². The molecule has 0 radical (unpaired) electrons. The Morgan fingerprint density at radius 1 is 1.41 bits per heavy atom. The maximum absolute atomic E-state index is 11.6. The molecule has 0 aliphatic heterocycles. The number of H-pyrrole nitrogens is 1. The fraction of sp³-hybridized carbons (Fsp3) is 0.250. The standard InChI is InChI=1S/C12H13BrN2O2/c1-15(2)10-5-7(13)4-8-9(12(16)17-3)6-14-11(8)10/h4-6,14H,1-3H3. The molecule has 0 fully saturated rings. The Morgan fingerprint density at radius 2 is 2.12 bits per heavy atom. The number of aromatic nitrogens is 1. The van der Waals surface area contributed by atoms with Gasteiger partial charge >= 0.3 is 5.97 Å². The highest BCUT2D eigenvalue weighted by atomic mass is 79.9. The van der Waals surface area contributed by atoms with Crippen molar-refractivity contribution in [3.05, 3.63) is 28.4 Å². The van der Waals surface area contributed by atoms with Crippen LogP contribution in [0.15, 0.2) is 22.8 Å². The molecule has 2 rings (SSSR count). The van der Waals surface area contributed by atoms with E-state index in [9.17, 15) is 4.79 Å². The van der Waals surface area contributed by atoms with Crippen LogP contribution in [0.5, 0.6) is 0 Å². The van der Waals surface area contributed by atoms with Crippen LogP contribution >= 0.6 is 15.9 Å². The summed E-state index contributed by atoms with van der Waals surface area (Å²) in [6.45, 7) is 0. The van der Waals surface area contributed by atoms with Gasteiger partial charge < -0.3 is 14.6 Å². The first-order chi connectivity index (χ1) is 8.04. The highest BCUT2D eigenvalue weighted by Crippen LogP contribution is 2.31. The Kier molecular flexibility index (Phi) is 3.11. The van der Waals surface area contributed by atoms with E-state index in [1.807, 2.05) is 31.1 Å². The first-order valence-electron chi connectivity index (χ1n) is 5.11. The molecular formula is C12H13BrN2O2. The first kappa shape index (κ1) is 12.0. The van der Waals surface area contributed by atoms with Gasteiger partial charge in [0.2, 0.25) is 0 Å². The van der Waals surface area contributed by atoms with Gasteiger partial charge in [0.15, 0.2) is 0 Å². The summed E-state index contributed by atoms with van der Waals surface area (Å²) in [5.74, 6) is -0.334. The molecule has 0 saturated heterocycles. The monoisotopic (exact) mass is 296 g/mol. The molecule has 1 heterocycles. The Morgan fingerprint density at radius 3 is 2.71 bits per heavy atom. The van der Waals surface area contributed by atoms with Crippen molar-refractivity contribution in [3.8, 4) is 0 Å². The molecule has 5 heteroatoms. The van der Waals surface area contributed by atoms with Crippen LogP contribution in [0.3, 0.4) is 0 Å². The van der Waals surface area contributed by atoms with Crippen molar-refractivity contribution in [2.75, 3.05) is 26.1 Å². The highest BCUT2D eigenvalue weighted by molar-refractivity contribution is 9.10. The number of nitrogens with one attached hydrogen (secondary N) is 1. The summed E-state index contributed by atoms with van der Waals surface area (Å²) in [5, 5.41) is 0.856. The van der Waals surface area contributed by atoms with E-state index in [0.29, 0.717) is 5.56 Å². The molecule has 0 bridgehead atoms. The average molecular weight is 297 g/mol. The van der Waals surface area contributed by atoms with Gasteiger partial charge in [-0.25, -0.2) is 4.79 Å².